The Morgan fingerprint density at radius 2 is 1.32 bits per heavy atom. The molecule has 0 saturated carbocycles. The summed E-state index contributed by atoms with van der Waals surface area (Å²) < 4.78 is 57.2. The molecule has 0 aliphatic rings. The van der Waals surface area contributed by atoms with Crippen LogP contribution in [0.2, 0.25) is 19.6 Å². The largest absolute Gasteiger partial charge is 0.501 e. The summed E-state index contributed by atoms with van der Waals surface area (Å²) in [5.74, 6) is 0.777. The van der Waals surface area contributed by atoms with Crippen molar-refractivity contribution in [1.82, 2.24) is 14.5 Å². The van der Waals surface area contributed by atoms with Crippen molar-refractivity contribution >= 4 is 67.8 Å². The van der Waals surface area contributed by atoms with Crippen LogP contribution in [0.25, 0.3) is 105 Å². The smallest absolute Gasteiger partial charge is 0.121 e. The normalized spacial score (nSPS) is 13.3. The monoisotopic (exact) mass is 1150 g/mol. The van der Waals surface area contributed by atoms with Crippen LogP contribution in [0.1, 0.15) is 70.0 Å². The molecular weight excluding hydrogens is 1080 g/mol. The van der Waals surface area contributed by atoms with Crippen molar-refractivity contribution in [2.45, 2.75) is 72.9 Å². The van der Waals surface area contributed by atoms with Crippen LogP contribution in [-0.2, 0) is 20.1 Å². The number of hydrogen-bond donors (Lipinski definition) is 0. The first-order valence-electron chi connectivity index (χ1n) is 27.8. The molecule has 12 rings (SSSR count). The Hall–Kier alpha value is -7.21. The number of furan rings is 1. The van der Waals surface area contributed by atoms with Gasteiger partial charge in [-0.1, -0.05) is 180 Å². The molecule has 0 atom stereocenters. The molecule has 0 amide bonds. The predicted octanol–water partition coefficient (Wildman–Crippen LogP) is 18.0. The van der Waals surface area contributed by atoms with E-state index in [9.17, 15) is 0 Å². The number of fused-ring (bicyclic) bond motifs is 7. The van der Waals surface area contributed by atoms with Gasteiger partial charge in [0.25, 0.3) is 0 Å². The minimum absolute atomic E-state index is 0. The molecule has 0 N–H and O–H groups in total. The summed E-state index contributed by atoms with van der Waals surface area (Å²) in [6.07, 6.45) is 1.92. The van der Waals surface area contributed by atoms with Crippen molar-refractivity contribution in [3.8, 4) is 50.6 Å². The number of nitrogens with zero attached hydrogens (tertiary/aromatic N) is 3. The van der Waals surface area contributed by atoms with Crippen LogP contribution < -0.4 is 5.19 Å². The third-order valence-corrected chi connectivity index (χ3v) is 15.9. The minimum Gasteiger partial charge on any atom is -0.501 e. The van der Waals surface area contributed by atoms with Gasteiger partial charge in [-0.25, -0.2) is 0 Å². The van der Waals surface area contributed by atoms with E-state index in [-0.39, 0.29) is 37.5 Å². The van der Waals surface area contributed by atoms with Gasteiger partial charge in [-0.2, -0.15) is 0 Å². The van der Waals surface area contributed by atoms with Crippen molar-refractivity contribution in [2.24, 2.45) is 0 Å². The first-order chi connectivity index (χ1) is 37.2. The Balaban J connectivity index is 0.000000284. The van der Waals surface area contributed by atoms with Crippen LogP contribution >= 0.6 is 0 Å². The molecule has 0 bridgehead atoms. The van der Waals surface area contributed by atoms with E-state index >= 15 is 0 Å². The number of rotatable bonds is 8. The average molecular weight is 1150 g/mol. The second-order valence-corrected chi connectivity index (χ2v) is 25.5. The molecule has 9 aromatic carbocycles. The van der Waals surface area contributed by atoms with Crippen LogP contribution in [0.5, 0.6) is 0 Å². The Labute approximate surface area is 452 Å². The molecule has 0 fully saturated rings. The first-order valence-corrected chi connectivity index (χ1v) is 28.3. The van der Waals surface area contributed by atoms with E-state index in [1.807, 2.05) is 30.5 Å². The summed E-state index contributed by atoms with van der Waals surface area (Å²) in [5, 5.41) is 7.88. The summed E-state index contributed by atoms with van der Waals surface area (Å²) in [4.78, 5) is 9.76. The zero-order valence-corrected chi connectivity index (χ0v) is 45.5. The van der Waals surface area contributed by atoms with Crippen LogP contribution in [0.3, 0.4) is 0 Å². The van der Waals surface area contributed by atoms with Gasteiger partial charge in [0.05, 0.1) is 30.5 Å². The van der Waals surface area contributed by atoms with Crippen molar-refractivity contribution in [2.75, 3.05) is 0 Å². The van der Waals surface area contributed by atoms with Crippen molar-refractivity contribution in [3.05, 3.63) is 217 Å². The average Bonchev–Trinajstić information content (AvgIpc) is 4.20. The summed E-state index contributed by atoms with van der Waals surface area (Å²) in [6.45, 7) is 11.2. The van der Waals surface area contributed by atoms with Crippen molar-refractivity contribution < 1.29 is 32.7 Å². The molecule has 0 spiro atoms. The Morgan fingerprint density at radius 3 is 1.99 bits per heavy atom. The van der Waals surface area contributed by atoms with E-state index in [0.29, 0.717) is 33.6 Å². The fraction of sp³-hybridized carbons (Fsp3) is 0.164. The predicted molar refractivity (Wildman–Crippen MR) is 308 cm³/mol. The summed E-state index contributed by atoms with van der Waals surface area (Å²) >= 11 is 0. The third kappa shape index (κ3) is 9.41. The fourth-order valence-electron chi connectivity index (χ4n) is 9.97. The van der Waals surface area contributed by atoms with Gasteiger partial charge in [-0.3, -0.25) is 4.98 Å². The summed E-state index contributed by atoms with van der Waals surface area (Å²) in [5.41, 5.74) is 13.2. The number of benzene rings is 9. The van der Waals surface area contributed by atoms with Gasteiger partial charge >= 0.3 is 0 Å². The van der Waals surface area contributed by atoms with Crippen LogP contribution in [-0.4, -0.2) is 22.6 Å². The molecular formula is C67H59IrN3OSi-2. The molecule has 3 aromatic heterocycles. The molecule has 0 aliphatic carbocycles. The Bertz CT molecular complexity index is 4110. The van der Waals surface area contributed by atoms with E-state index in [2.05, 4.69) is 190 Å². The molecule has 73 heavy (non-hydrogen) atoms. The van der Waals surface area contributed by atoms with E-state index in [1.54, 1.807) is 24.3 Å². The number of pyridine rings is 1. The van der Waals surface area contributed by atoms with Gasteiger partial charge in [0, 0.05) is 45.6 Å². The maximum atomic E-state index is 8.73. The van der Waals surface area contributed by atoms with E-state index in [0.717, 1.165) is 66.3 Å². The van der Waals surface area contributed by atoms with Crippen LogP contribution in [0.15, 0.2) is 187 Å². The number of aromatic nitrogens is 3. The van der Waals surface area contributed by atoms with Crippen molar-refractivity contribution in [1.29, 1.82) is 0 Å². The molecule has 12 aromatic rings. The Morgan fingerprint density at radius 1 is 0.603 bits per heavy atom. The maximum absolute atomic E-state index is 8.73. The van der Waals surface area contributed by atoms with E-state index in [4.69, 9.17) is 17.6 Å². The SMILES string of the molecule is [2H]C([2H])([2H])c1c[c-]c(-c2ccc([Si](C)(C)C)cn2)cc1.[2H]C([2H])([2H])c1cccc2nc(-c3[c-]ccc4c3oc3cc5c(ccc6ccccc65)cc34)n(-c3c(C(C)C)cc(-c4ccc(-c5ccccc5)cc4)cc3C(C)C)c12.[Ir]. The summed E-state index contributed by atoms with van der Waals surface area (Å²) in [7, 11) is -1.34. The minimum atomic E-state index is -2.39. The number of para-hydroxylation sites is 1. The second-order valence-electron chi connectivity index (χ2n) is 20.4. The Kier molecular flexibility index (Phi) is 11.6. The molecule has 1 radical (unpaired) electrons. The fourth-order valence-corrected chi connectivity index (χ4v) is 11.0. The van der Waals surface area contributed by atoms with Gasteiger partial charge in [-0.15, -0.1) is 53.6 Å². The summed E-state index contributed by atoms with van der Waals surface area (Å²) in [6, 6.07) is 65.8. The zero-order valence-electron chi connectivity index (χ0n) is 48.1. The molecule has 6 heteroatoms. The van der Waals surface area contributed by atoms with Crippen LogP contribution in [0, 0.1) is 25.8 Å². The molecule has 4 nitrogen and oxygen atoms in total. The topological polar surface area (TPSA) is 43.9 Å². The van der Waals surface area contributed by atoms with Gasteiger partial charge in [0.2, 0.25) is 0 Å². The van der Waals surface area contributed by atoms with E-state index < -0.39 is 21.8 Å². The molecule has 363 valence electrons. The molecule has 3 heterocycles. The molecule has 0 unspecified atom stereocenters. The van der Waals surface area contributed by atoms with Crippen molar-refractivity contribution in [3.63, 3.8) is 0 Å². The quantitative estimate of drug-likeness (QED) is 0.0865. The van der Waals surface area contributed by atoms with Crippen LogP contribution in [0.4, 0.5) is 0 Å². The molecule has 0 saturated heterocycles. The maximum Gasteiger partial charge on any atom is 0.121 e. The zero-order chi connectivity index (χ0) is 54.8. The standard InChI is InChI=1S/C52H41N2O.C15H18NSi.Ir/c1-31(2)43-28-39(36-23-21-35(22-24-36)34-14-7-6-8-15-34)29-44(32(3)4)50(43)54-49-33(5)13-11-20-47(49)53-52(54)42-19-12-18-41-46-27-38-26-25-37-16-9-10-17-40(37)45(38)30-48(46)55-51(41)42;1-12-5-7-13(8-6-12)15-10-9-14(11-16-15)17(2,3)4;/h6-18,20-32H,1-5H3;5-7,9-11H,1-4H3;/q2*-1;/i5D3;1D3;. The molecule has 0 aliphatic heterocycles. The third-order valence-electron chi connectivity index (χ3n) is 13.9. The number of imidazole rings is 1. The number of hydrogen-bond acceptors (Lipinski definition) is 3. The van der Waals surface area contributed by atoms with Gasteiger partial charge in [0.1, 0.15) is 5.58 Å². The van der Waals surface area contributed by atoms with Gasteiger partial charge in [0.15, 0.2) is 0 Å². The van der Waals surface area contributed by atoms with E-state index in [1.165, 1.54) is 33.2 Å². The second kappa shape index (κ2) is 20.0. The number of aryl methyl sites for hydroxylation is 2. The van der Waals surface area contributed by atoms with Gasteiger partial charge < -0.3 is 14.0 Å². The first kappa shape index (κ1) is 42.3. The van der Waals surface area contributed by atoms with Gasteiger partial charge in [-0.05, 0) is 120 Å².